The minimum absolute atomic E-state index is 0. The number of anilines is 1. The highest BCUT2D eigenvalue weighted by Gasteiger charge is 2.22. The summed E-state index contributed by atoms with van der Waals surface area (Å²) in [4.78, 5) is 23.7. The Morgan fingerprint density at radius 2 is 2.09 bits per heavy atom. The van der Waals surface area contributed by atoms with Gasteiger partial charge in [0.25, 0.3) is 5.56 Å². The third-order valence-electron chi connectivity index (χ3n) is 4.41. The van der Waals surface area contributed by atoms with Gasteiger partial charge in [-0.15, -0.1) is 12.4 Å². The summed E-state index contributed by atoms with van der Waals surface area (Å²) in [5.74, 6) is 1.04. The molecule has 2 heterocycles. The van der Waals surface area contributed by atoms with Crippen LogP contribution in [-0.2, 0) is 11.8 Å². The van der Waals surface area contributed by atoms with Crippen LogP contribution in [0.5, 0.6) is 0 Å². The standard InChI is InChI=1S/C16H25N3O2.ClH/c1-11(13-4-6-17-7-5-13)8-15(20)18-14-10-19(3)16(21)9-12(14)2;/h9-11,13,17H,4-8H2,1-3H3,(H,18,20);1H. The number of nitrogens with zero attached hydrogens (tertiary/aromatic N) is 1. The van der Waals surface area contributed by atoms with Gasteiger partial charge in [-0.1, -0.05) is 6.92 Å². The quantitative estimate of drug-likeness (QED) is 0.890. The molecule has 1 aliphatic heterocycles. The Morgan fingerprint density at radius 3 is 2.73 bits per heavy atom. The van der Waals surface area contributed by atoms with Gasteiger partial charge >= 0.3 is 0 Å². The molecule has 1 aliphatic rings. The van der Waals surface area contributed by atoms with E-state index in [0.29, 0.717) is 18.3 Å². The molecule has 1 atom stereocenters. The molecule has 5 nitrogen and oxygen atoms in total. The fraction of sp³-hybridized carbons (Fsp3) is 0.625. The molecule has 0 aromatic carbocycles. The molecule has 6 heteroatoms. The van der Waals surface area contributed by atoms with E-state index in [1.165, 1.54) is 4.57 Å². The molecule has 2 rings (SSSR count). The van der Waals surface area contributed by atoms with Crippen molar-refractivity contribution < 1.29 is 4.79 Å². The van der Waals surface area contributed by atoms with Gasteiger partial charge in [0.2, 0.25) is 5.91 Å². The fourth-order valence-electron chi connectivity index (χ4n) is 2.93. The Balaban J connectivity index is 0.00000242. The summed E-state index contributed by atoms with van der Waals surface area (Å²) in [5, 5.41) is 6.28. The van der Waals surface area contributed by atoms with Crippen LogP contribution in [0.3, 0.4) is 0 Å². The number of hydrogen-bond donors (Lipinski definition) is 2. The molecule has 1 aromatic heterocycles. The van der Waals surface area contributed by atoms with E-state index in [2.05, 4.69) is 17.6 Å². The smallest absolute Gasteiger partial charge is 0.250 e. The Bertz CT molecular complexity index is 565. The van der Waals surface area contributed by atoms with Crippen molar-refractivity contribution in [1.82, 2.24) is 9.88 Å². The van der Waals surface area contributed by atoms with E-state index in [1.807, 2.05) is 6.92 Å². The second kappa shape index (κ2) is 8.34. The van der Waals surface area contributed by atoms with Crippen molar-refractivity contribution in [2.24, 2.45) is 18.9 Å². The third kappa shape index (κ3) is 4.85. The molecule has 0 spiro atoms. The fourth-order valence-corrected chi connectivity index (χ4v) is 2.93. The normalized spacial score (nSPS) is 16.7. The van der Waals surface area contributed by atoms with Crippen LogP contribution in [0.1, 0.15) is 31.7 Å². The number of halogens is 1. The van der Waals surface area contributed by atoms with Crippen LogP contribution < -0.4 is 16.2 Å². The SMILES string of the molecule is Cc1cc(=O)n(C)cc1NC(=O)CC(C)C1CCNCC1.Cl. The maximum absolute atomic E-state index is 12.2. The number of rotatable bonds is 4. The van der Waals surface area contributed by atoms with Gasteiger partial charge in [0.05, 0.1) is 5.69 Å². The first kappa shape index (κ1) is 18.7. The van der Waals surface area contributed by atoms with Gasteiger partial charge < -0.3 is 15.2 Å². The van der Waals surface area contributed by atoms with E-state index in [1.54, 1.807) is 19.3 Å². The lowest BCUT2D eigenvalue weighted by molar-refractivity contribution is -0.117. The first-order valence-electron chi connectivity index (χ1n) is 7.65. The average molecular weight is 328 g/mol. The Labute approximate surface area is 137 Å². The summed E-state index contributed by atoms with van der Waals surface area (Å²) in [6, 6.07) is 1.55. The van der Waals surface area contributed by atoms with Gasteiger partial charge in [-0.3, -0.25) is 9.59 Å². The van der Waals surface area contributed by atoms with Gasteiger partial charge in [0, 0.05) is 25.7 Å². The summed E-state index contributed by atoms with van der Waals surface area (Å²) < 4.78 is 1.48. The lowest BCUT2D eigenvalue weighted by Gasteiger charge is -2.28. The second-order valence-electron chi connectivity index (χ2n) is 6.14. The average Bonchev–Trinajstić information content (AvgIpc) is 2.45. The van der Waals surface area contributed by atoms with E-state index in [0.717, 1.165) is 37.2 Å². The first-order valence-corrected chi connectivity index (χ1v) is 7.65. The number of hydrogen-bond acceptors (Lipinski definition) is 3. The number of amides is 1. The number of nitrogens with one attached hydrogen (secondary N) is 2. The number of piperidine rings is 1. The predicted octanol–water partition coefficient (Wildman–Crippen LogP) is 2.08. The first-order chi connectivity index (χ1) is 9.97. The van der Waals surface area contributed by atoms with E-state index in [9.17, 15) is 9.59 Å². The van der Waals surface area contributed by atoms with Gasteiger partial charge in [0.1, 0.15) is 0 Å². The van der Waals surface area contributed by atoms with Crippen molar-refractivity contribution in [3.8, 4) is 0 Å². The van der Waals surface area contributed by atoms with Crippen LogP contribution in [-0.4, -0.2) is 23.6 Å². The van der Waals surface area contributed by atoms with Crippen LogP contribution in [0.4, 0.5) is 5.69 Å². The number of carbonyl (C=O) groups excluding carboxylic acids is 1. The van der Waals surface area contributed by atoms with E-state index in [-0.39, 0.29) is 23.9 Å². The summed E-state index contributed by atoms with van der Waals surface area (Å²) in [6.07, 6.45) is 4.51. The minimum atomic E-state index is -0.0615. The molecule has 1 saturated heterocycles. The van der Waals surface area contributed by atoms with Gasteiger partial charge in [-0.2, -0.15) is 0 Å². The zero-order valence-electron chi connectivity index (χ0n) is 13.5. The molecule has 0 radical (unpaired) electrons. The van der Waals surface area contributed by atoms with E-state index < -0.39 is 0 Å². The molecule has 1 aromatic rings. The number of aryl methyl sites for hydroxylation is 2. The number of pyridine rings is 1. The Morgan fingerprint density at radius 1 is 1.45 bits per heavy atom. The van der Waals surface area contributed by atoms with Crippen LogP contribution in [0.2, 0.25) is 0 Å². The van der Waals surface area contributed by atoms with Crippen molar-refractivity contribution in [2.75, 3.05) is 18.4 Å². The minimum Gasteiger partial charge on any atom is -0.325 e. The Kier molecular flexibility index (Phi) is 7.10. The van der Waals surface area contributed by atoms with Crippen molar-refractivity contribution in [3.05, 3.63) is 28.2 Å². The van der Waals surface area contributed by atoms with Crippen LogP contribution in [0.25, 0.3) is 0 Å². The van der Waals surface area contributed by atoms with Crippen molar-refractivity contribution in [1.29, 1.82) is 0 Å². The lowest BCUT2D eigenvalue weighted by Crippen LogP contribution is -2.32. The zero-order chi connectivity index (χ0) is 15.4. The topological polar surface area (TPSA) is 63.1 Å². The predicted molar refractivity (Wildman–Crippen MR) is 91.7 cm³/mol. The van der Waals surface area contributed by atoms with Crippen LogP contribution >= 0.6 is 12.4 Å². The monoisotopic (exact) mass is 327 g/mol. The molecule has 1 unspecified atom stereocenters. The summed E-state index contributed by atoms with van der Waals surface area (Å²) in [5.41, 5.74) is 1.47. The van der Waals surface area contributed by atoms with Gasteiger partial charge in [-0.05, 0) is 50.3 Å². The highest BCUT2D eigenvalue weighted by molar-refractivity contribution is 5.91. The summed E-state index contributed by atoms with van der Waals surface area (Å²) in [7, 11) is 1.69. The van der Waals surface area contributed by atoms with Gasteiger partial charge in [-0.25, -0.2) is 0 Å². The maximum atomic E-state index is 12.2. The molecule has 0 bridgehead atoms. The van der Waals surface area contributed by atoms with E-state index in [4.69, 9.17) is 0 Å². The number of aromatic nitrogens is 1. The Hall–Kier alpha value is -1.33. The molecule has 0 aliphatic carbocycles. The van der Waals surface area contributed by atoms with E-state index >= 15 is 0 Å². The van der Waals surface area contributed by atoms with Crippen molar-refractivity contribution in [2.45, 2.75) is 33.1 Å². The molecule has 2 N–H and O–H groups in total. The molecule has 1 fully saturated rings. The molecule has 124 valence electrons. The second-order valence-corrected chi connectivity index (χ2v) is 6.14. The highest BCUT2D eigenvalue weighted by atomic mass is 35.5. The maximum Gasteiger partial charge on any atom is 0.250 e. The lowest BCUT2D eigenvalue weighted by atomic mass is 9.84. The van der Waals surface area contributed by atoms with Crippen LogP contribution in [0.15, 0.2) is 17.1 Å². The largest absolute Gasteiger partial charge is 0.325 e. The van der Waals surface area contributed by atoms with Crippen LogP contribution in [0, 0.1) is 18.8 Å². The molecular weight excluding hydrogens is 302 g/mol. The molecule has 22 heavy (non-hydrogen) atoms. The summed E-state index contributed by atoms with van der Waals surface area (Å²) in [6.45, 7) is 6.10. The van der Waals surface area contributed by atoms with Gasteiger partial charge in [0.15, 0.2) is 0 Å². The zero-order valence-corrected chi connectivity index (χ0v) is 14.3. The molecule has 1 amide bonds. The third-order valence-corrected chi connectivity index (χ3v) is 4.41. The molecular formula is C16H26ClN3O2. The van der Waals surface area contributed by atoms with Crippen molar-refractivity contribution in [3.63, 3.8) is 0 Å². The molecule has 0 saturated carbocycles. The number of carbonyl (C=O) groups is 1. The highest BCUT2D eigenvalue weighted by Crippen LogP contribution is 2.24. The van der Waals surface area contributed by atoms with Crippen molar-refractivity contribution >= 4 is 24.0 Å². The summed E-state index contributed by atoms with van der Waals surface area (Å²) >= 11 is 0.